The molecule has 2 unspecified atom stereocenters. The van der Waals surface area contributed by atoms with E-state index in [9.17, 15) is 4.79 Å². The van der Waals surface area contributed by atoms with Crippen molar-refractivity contribution in [1.29, 1.82) is 0 Å². The molecule has 2 aromatic heterocycles. The predicted molar refractivity (Wildman–Crippen MR) is 160 cm³/mol. The van der Waals surface area contributed by atoms with Crippen LogP contribution in [0.2, 0.25) is 0 Å². The maximum Gasteiger partial charge on any atom is 0.410 e. The molecule has 8 nitrogen and oxygen atoms in total. The van der Waals surface area contributed by atoms with E-state index in [2.05, 4.69) is 51.5 Å². The quantitative estimate of drug-likeness (QED) is 0.255. The zero-order valence-corrected chi connectivity index (χ0v) is 24.6. The van der Waals surface area contributed by atoms with Crippen LogP contribution in [0.5, 0.6) is 5.75 Å². The summed E-state index contributed by atoms with van der Waals surface area (Å²) < 4.78 is 12.9. The Morgan fingerprint density at radius 3 is 2.85 bits per heavy atom. The van der Waals surface area contributed by atoms with Crippen LogP contribution < -0.4 is 10.1 Å². The molecule has 40 heavy (non-hydrogen) atoms. The SMILES string of the molecule is Cc1nc(NC(C)c2cccc(OCC3CCCN(C(=O)OC(C)(C)C)C3)c2)cc(-c2ccc3ncsc3c2)n1. The molecule has 0 bridgehead atoms. The molecular weight excluding hydrogens is 522 g/mol. The molecule has 0 radical (unpaired) electrons. The van der Waals surface area contributed by atoms with Gasteiger partial charge in [-0.05, 0) is 77.3 Å². The molecule has 4 aromatic rings. The van der Waals surface area contributed by atoms with Gasteiger partial charge in [-0.3, -0.25) is 0 Å². The van der Waals surface area contributed by atoms with Crippen LogP contribution in [0.4, 0.5) is 10.6 Å². The monoisotopic (exact) mass is 559 g/mol. The van der Waals surface area contributed by atoms with Crippen molar-refractivity contribution in [3.05, 3.63) is 65.4 Å². The number of hydrogen-bond acceptors (Lipinski definition) is 8. The third kappa shape index (κ3) is 7.07. The molecule has 1 N–H and O–H groups in total. The zero-order chi connectivity index (χ0) is 28.3. The molecule has 3 heterocycles. The zero-order valence-electron chi connectivity index (χ0n) is 23.8. The van der Waals surface area contributed by atoms with Crippen molar-refractivity contribution in [2.45, 2.75) is 59.1 Å². The van der Waals surface area contributed by atoms with Crippen LogP contribution in [0.1, 0.15) is 58.0 Å². The number of carbonyl (C=O) groups is 1. The van der Waals surface area contributed by atoms with E-state index in [1.807, 2.05) is 57.5 Å². The lowest BCUT2D eigenvalue weighted by Gasteiger charge is -2.34. The summed E-state index contributed by atoms with van der Waals surface area (Å²) in [6.07, 6.45) is 1.74. The lowest BCUT2D eigenvalue weighted by atomic mass is 9.99. The van der Waals surface area contributed by atoms with Gasteiger partial charge in [-0.15, -0.1) is 11.3 Å². The predicted octanol–water partition coefficient (Wildman–Crippen LogP) is 7.26. The number of piperidine rings is 1. The highest BCUT2D eigenvalue weighted by Crippen LogP contribution is 2.28. The number of carbonyl (C=O) groups excluding carboxylic acids is 1. The number of aromatic nitrogens is 3. The maximum absolute atomic E-state index is 12.5. The van der Waals surface area contributed by atoms with Crippen LogP contribution in [0, 0.1) is 12.8 Å². The fourth-order valence-electron chi connectivity index (χ4n) is 4.89. The summed E-state index contributed by atoms with van der Waals surface area (Å²) in [7, 11) is 0. The number of benzene rings is 2. The fraction of sp³-hybridized carbons (Fsp3) is 0.419. The van der Waals surface area contributed by atoms with Crippen LogP contribution >= 0.6 is 11.3 Å². The Hall–Kier alpha value is -3.72. The Balaban J connectivity index is 1.21. The third-order valence-corrected chi connectivity index (χ3v) is 7.64. The lowest BCUT2D eigenvalue weighted by molar-refractivity contribution is 0.0139. The van der Waals surface area contributed by atoms with E-state index in [4.69, 9.17) is 9.47 Å². The van der Waals surface area contributed by atoms with Gasteiger partial charge in [0.2, 0.25) is 0 Å². The van der Waals surface area contributed by atoms with Crippen LogP contribution in [-0.2, 0) is 4.74 Å². The van der Waals surface area contributed by atoms with Crippen molar-refractivity contribution < 1.29 is 14.3 Å². The molecule has 1 aliphatic heterocycles. The molecule has 0 saturated carbocycles. The highest BCUT2D eigenvalue weighted by Gasteiger charge is 2.28. The second-order valence-electron chi connectivity index (χ2n) is 11.4. The molecule has 1 fully saturated rings. The van der Waals surface area contributed by atoms with Gasteiger partial charge in [0.25, 0.3) is 0 Å². The summed E-state index contributed by atoms with van der Waals surface area (Å²) in [5.74, 6) is 2.57. The van der Waals surface area contributed by atoms with E-state index >= 15 is 0 Å². The van der Waals surface area contributed by atoms with Crippen molar-refractivity contribution in [3.8, 4) is 17.0 Å². The van der Waals surface area contributed by atoms with Gasteiger partial charge in [-0.2, -0.15) is 0 Å². The van der Waals surface area contributed by atoms with Gasteiger partial charge in [0.05, 0.1) is 34.1 Å². The number of amides is 1. The number of anilines is 1. The first-order valence-corrected chi connectivity index (χ1v) is 14.7. The number of hydrogen-bond donors (Lipinski definition) is 1. The van der Waals surface area contributed by atoms with Crippen molar-refractivity contribution in [1.82, 2.24) is 19.9 Å². The highest BCUT2D eigenvalue weighted by molar-refractivity contribution is 7.16. The maximum atomic E-state index is 12.5. The van der Waals surface area contributed by atoms with Gasteiger partial charge in [-0.25, -0.2) is 19.7 Å². The Bertz CT molecular complexity index is 1480. The normalized spacial score (nSPS) is 16.5. The summed E-state index contributed by atoms with van der Waals surface area (Å²) in [4.78, 5) is 28.0. The minimum Gasteiger partial charge on any atom is -0.493 e. The molecular formula is C31H37N5O3S. The fourth-order valence-corrected chi connectivity index (χ4v) is 5.61. The number of nitrogens with one attached hydrogen (secondary N) is 1. The molecule has 0 spiro atoms. The number of likely N-dealkylation sites (tertiary alicyclic amines) is 1. The van der Waals surface area contributed by atoms with Crippen LogP contribution in [0.15, 0.2) is 54.0 Å². The largest absolute Gasteiger partial charge is 0.493 e. The Morgan fingerprint density at radius 2 is 2.02 bits per heavy atom. The van der Waals surface area contributed by atoms with E-state index in [1.54, 1.807) is 16.2 Å². The van der Waals surface area contributed by atoms with E-state index in [0.29, 0.717) is 19.0 Å². The summed E-state index contributed by atoms with van der Waals surface area (Å²) in [6.45, 7) is 11.6. The summed E-state index contributed by atoms with van der Waals surface area (Å²) in [5, 5.41) is 3.54. The van der Waals surface area contributed by atoms with Crippen molar-refractivity contribution >= 4 is 33.5 Å². The smallest absolute Gasteiger partial charge is 0.410 e. The number of rotatable bonds is 7. The third-order valence-electron chi connectivity index (χ3n) is 6.84. The van der Waals surface area contributed by atoms with Crippen molar-refractivity contribution in [2.24, 2.45) is 5.92 Å². The minimum atomic E-state index is -0.492. The summed E-state index contributed by atoms with van der Waals surface area (Å²) in [5.41, 5.74) is 5.38. The van der Waals surface area contributed by atoms with Crippen LogP contribution in [0.25, 0.3) is 21.5 Å². The number of ether oxygens (including phenoxy) is 2. The van der Waals surface area contributed by atoms with E-state index in [0.717, 1.165) is 58.0 Å². The van der Waals surface area contributed by atoms with Crippen LogP contribution in [0.3, 0.4) is 0 Å². The van der Waals surface area contributed by atoms with Gasteiger partial charge >= 0.3 is 6.09 Å². The molecule has 2 aromatic carbocycles. The molecule has 0 aliphatic carbocycles. The molecule has 1 amide bonds. The number of thiazole rings is 1. The van der Waals surface area contributed by atoms with Gasteiger partial charge < -0.3 is 19.7 Å². The molecule has 5 rings (SSSR count). The molecule has 1 saturated heterocycles. The van der Waals surface area contributed by atoms with Crippen molar-refractivity contribution in [2.75, 3.05) is 25.0 Å². The second-order valence-corrected chi connectivity index (χ2v) is 12.3. The Labute approximate surface area is 239 Å². The number of nitrogens with zero attached hydrogens (tertiary/aromatic N) is 4. The molecule has 210 valence electrons. The van der Waals surface area contributed by atoms with Gasteiger partial charge in [0.15, 0.2) is 0 Å². The average molecular weight is 560 g/mol. The minimum absolute atomic E-state index is 0.00650. The Morgan fingerprint density at radius 1 is 1.18 bits per heavy atom. The molecule has 9 heteroatoms. The second kappa shape index (κ2) is 11.8. The van der Waals surface area contributed by atoms with Crippen LogP contribution in [-0.4, -0.2) is 51.2 Å². The standard InChI is InChI=1S/C31H37N5O3S/c1-20(33-29-16-27(34-21(2)35-29)24-11-12-26-28(15-24)40-19-32-26)23-9-6-10-25(14-23)38-18-22-8-7-13-36(17-22)30(37)39-31(3,4)5/h6,9-12,14-16,19-20,22H,7-8,13,17-18H2,1-5H3,(H,33,34,35). The molecule has 1 aliphatic rings. The van der Waals surface area contributed by atoms with E-state index < -0.39 is 5.60 Å². The van der Waals surface area contributed by atoms with Gasteiger partial charge in [0.1, 0.15) is 23.0 Å². The molecule has 2 atom stereocenters. The highest BCUT2D eigenvalue weighted by atomic mass is 32.1. The van der Waals surface area contributed by atoms with Gasteiger partial charge in [0, 0.05) is 30.6 Å². The lowest BCUT2D eigenvalue weighted by Crippen LogP contribution is -2.44. The van der Waals surface area contributed by atoms with E-state index in [1.165, 1.54) is 0 Å². The first kappa shape index (κ1) is 27.8. The summed E-state index contributed by atoms with van der Waals surface area (Å²) >= 11 is 1.62. The van der Waals surface area contributed by atoms with Crippen molar-refractivity contribution in [3.63, 3.8) is 0 Å². The topological polar surface area (TPSA) is 89.5 Å². The van der Waals surface area contributed by atoms with Gasteiger partial charge in [-0.1, -0.05) is 18.2 Å². The first-order valence-electron chi connectivity index (χ1n) is 13.8. The number of fused-ring (bicyclic) bond motifs is 1. The first-order chi connectivity index (χ1) is 19.1. The number of aryl methyl sites for hydroxylation is 1. The van der Waals surface area contributed by atoms with E-state index in [-0.39, 0.29) is 18.1 Å². The Kier molecular flexibility index (Phi) is 8.21. The summed E-state index contributed by atoms with van der Waals surface area (Å²) in [6, 6.07) is 16.4. The average Bonchev–Trinajstić information content (AvgIpc) is 3.39.